The summed E-state index contributed by atoms with van der Waals surface area (Å²) in [4.78, 5) is 11.9. The molecule has 3 aromatic rings. The van der Waals surface area contributed by atoms with Crippen molar-refractivity contribution in [2.24, 2.45) is 0 Å². The van der Waals surface area contributed by atoms with Gasteiger partial charge in [-0.1, -0.05) is 41.4 Å². The Kier molecular flexibility index (Phi) is 5.58. The molecule has 0 aliphatic heterocycles. The number of rotatable bonds is 5. The first-order chi connectivity index (χ1) is 12.1. The lowest BCUT2D eigenvalue weighted by Gasteiger charge is -2.08. The first-order valence-corrected chi connectivity index (χ1v) is 8.47. The van der Waals surface area contributed by atoms with Gasteiger partial charge in [0.2, 0.25) is 0 Å². The van der Waals surface area contributed by atoms with Gasteiger partial charge in [0.05, 0.1) is 11.4 Å². The first-order valence-electron chi connectivity index (χ1n) is 7.71. The second kappa shape index (κ2) is 8.05. The van der Waals surface area contributed by atoms with E-state index < -0.39 is 0 Å². The van der Waals surface area contributed by atoms with Crippen LogP contribution in [0, 0.1) is 0 Å². The topological polar surface area (TPSA) is 59.0 Å². The van der Waals surface area contributed by atoms with Crippen molar-refractivity contribution >= 4 is 34.9 Å². The quantitative estimate of drug-likeness (QED) is 0.688. The predicted octanol–water partition coefficient (Wildman–Crippen LogP) is 4.54. The number of halogens is 2. The fraction of sp³-hybridized carbons (Fsp3) is 0.111. The van der Waals surface area contributed by atoms with E-state index in [-0.39, 0.29) is 6.03 Å². The summed E-state index contributed by atoms with van der Waals surface area (Å²) in [5, 5.41) is 10.9. The van der Waals surface area contributed by atoms with Crippen molar-refractivity contribution < 1.29 is 4.79 Å². The van der Waals surface area contributed by atoms with Gasteiger partial charge in [-0.15, -0.1) is 0 Å². The minimum absolute atomic E-state index is 0.319. The molecule has 3 rings (SSSR count). The Hall–Kier alpha value is -2.50. The van der Waals surface area contributed by atoms with Gasteiger partial charge >= 0.3 is 6.03 Å². The number of hydrogen-bond donors (Lipinski definition) is 2. The van der Waals surface area contributed by atoms with Crippen molar-refractivity contribution in [2.45, 2.75) is 6.42 Å². The van der Waals surface area contributed by atoms with Crippen molar-refractivity contribution in [3.8, 4) is 5.69 Å². The van der Waals surface area contributed by atoms with E-state index in [9.17, 15) is 4.79 Å². The van der Waals surface area contributed by atoms with Crippen LogP contribution in [0.2, 0.25) is 10.0 Å². The molecule has 0 fully saturated rings. The van der Waals surface area contributed by atoms with Crippen LogP contribution >= 0.6 is 23.2 Å². The standard InChI is InChI=1S/C18H16Cl2N4O/c19-13-10-14(20)12-16(11-13)22-18(25)21-8-6-15-7-9-24(23-15)17-4-2-1-3-5-17/h1-5,7,9-12H,6,8H2,(H2,21,22,25). The molecule has 0 saturated heterocycles. The van der Waals surface area contributed by atoms with Gasteiger partial charge in [-0.3, -0.25) is 0 Å². The second-order valence-electron chi connectivity index (χ2n) is 5.38. The van der Waals surface area contributed by atoms with Gasteiger partial charge < -0.3 is 10.6 Å². The number of aromatic nitrogens is 2. The summed E-state index contributed by atoms with van der Waals surface area (Å²) in [5.41, 5.74) is 2.44. The number of urea groups is 1. The Morgan fingerprint density at radius 2 is 1.76 bits per heavy atom. The summed E-state index contributed by atoms with van der Waals surface area (Å²) in [5.74, 6) is 0. The molecule has 0 saturated carbocycles. The Balaban J connectivity index is 1.49. The van der Waals surface area contributed by atoms with E-state index >= 15 is 0 Å². The van der Waals surface area contributed by atoms with E-state index in [4.69, 9.17) is 23.2 Å². The molecule has 0 bridgehead atoms. The zero-order valence-electron chi connectivity index (χ0n) is 13.2. The second-order valence-corrected chi connectivity index (χ2v) is 6.25. The molecule has 0 spiro atoms. The van der Waals surface area contributed by atoms with Crippen molar-refractivity contribution in [3.63, 3.8) is 0 Å². The smallest absolute Gasteiger partial charge is 0.319 e. The zero-order chi connectivity index (χ0) is 17.6. The molecule has 0 atom stereocenters. The van der Waals surface area contributed by atoms with E-state index in [0.717, 1.165) is 11.4 Å². The lowest BCUT2D eigenvalue weighted by Crippen LogP contribution is -2.30. The summed E-state index contributed by atoms with van der Waals surface area (Å²) in [6, 6.07) is 16.3. The summed E-state index contributed by atoms with van der Waals surface area (Å²) in [6.07, 6.45) is 2.53. The fourth-order valence-corrected chi connectivity index (χ4v) is 2.85. The van der Waals surface area contributed by atoms with Crippen LogP contribution in [0.3, 0.4) is 0 Å². The van der Waals surface area contributed by atoms with Crippen LogP contribution in [0.4, 0.5) is 10.5 Å². The molecule has 0 aliphatic carbocycles. The molecule has 0 aliphatic rings. The van der Waals surface area contributed by atoms with Crippen molar-refractivity contribution in [1.29, 1.82) is 0 Å². The number of carbonyl (C=O) groups excluding carboxylic acids is 1. The van der Waals surface area contributed by atoms with Gasteiger partial charge in [0.1, 0.15) is 0 Å². The van der Waals surface area contributed by atoms with E-state index in [1.165, 1.54) is 0 Å². The maximum Gasteiger partial charge on any atom is 0.319 e. The summed E-state index contributed by atoms with van der Waals surface area (Å²) in [6.45, 7) is 0.464. The Bertz CT molecular complexity index is 844. The van der Waals surface area contributed by atoms with E-state index in [1.807, 2.05) is 47.3 Å². The number of nitrogens with one attached hydrogen (secondary N) is 2. The lowest BCUT2D eigenvalue weighted by atomic mass is 10.3. The molecular formula is C18H16Cl2N4O. The number of benzene rings is 2. The van der Waals surface area contributed by atoms with Gasteiger partial charge in [-0.05, 0) is 36.4 Å². The number of amides is 2. The highest BCUT2D eigenvalue weighted by Gasteiger charge is 2.05. The maximum atomic E-state index is 11.9. The van der Waals surface area contributed by atoms with E-state index in [0.29, 0.717) is 28.7 Å². The van der Waals surface area contributed by atoms with Gasteiger partial charge in [0.25, 0.3) is 0 Å². The average molecular weight is 375 g/mol. The molecule has 0 unspecified atom stereocenters. The van der Waals surface area contributed by atoms with Crippen LogP contribution in [0.25, 0.3) is 5.69 Å². The van der Waals surface area contributed by atoms with Crippen LogP contribution < -0.4 is 10.6 Å². The third kappa shape index (κ3) is 4.98. The molecule has 5 nitrogen and oxygen atoms in total. The first kappa shape index (κ1) is 17.3. The van der Waals surface area contributed by atoms with Crippen LogP contribution in [0.1, 0.15) is 5.69 Å². The van der Waals surface area contributed by atoms with E-state index in [1.54, 1.807) is 18.2 Å². The SMILES string of the molecule is O=C(NCCc1ccn(-c2ccccc2)n1)Nc1cc(Cl)cc(Cl)c1. The van der Waals surface area contributed by atoms with Gasteiger partial charge in [-0.25, -0.2) is 9.48 Å². The van der Waals surface area contributed by atoms with Crippen molar-refractivity contribution in [3.05, 3.63) is 76.5 Å². The van der Waals surface area contributed by atoms with Gasteiger partial charge in [0, 0.05) is 34.9 Å². The van der Waals surface area contributed by atoms with Crippen LogP contribution in [0.5, 0.6) is 0 Å². The fourth-order valence-electron chi connectivity index (χ4n) is 2.32. The largest absolute Gasteiger partial charge is 0.337 e. The Morgan fingerprint density at radius 1 is 1.04 bits per heavy atom. The zero-order valence-corrected chi connectivity index (χ0v) is 14.8. The van der Waals surface area contributed by atoms with Crippen LogP contribution in [-0.2, 0) is 6.42 Å². The molecule has 2 amide bonds. The van der Waals surface area contributed by atoms with E-state index in [2.05, 4.69) is 15.7 Å². The van der Waals surface area contributed by atoms with Gasteiger partial charge in [-0.2, -0.15) is 5.10 Å². The summed E-state index contributed by atoms with van der Waals surface area (Å²) in [7, 11) is 0. The molecule has 1 heterocycles. The number of carbonyl (C=O) groups is 1. The van der Waals surface area contributed by atoms with Crippen LogP contribution in [0.15, 0.2) is 60.8 Å². The normalized spacial score (nSPS) is 10.5. The highest BCUT2D eigenvalue weighted by Crippen LogP contribution is 2.22. The number of hydrogen-bond acceptors (Lipinski definition) is 2. The predicted molar refractivity (Wildman–Crippen MR) is 101 cm³/mol. The molecule has 2 N–H and O–H groups in total. The molecule has 25 heavy (non-hydrogen) atoms. The number of anilines is 1. The number of para-hydroxylation sites is 1. The maximum absolute atomic E-state index is 11.9. The highest BCUT2D eigenvalue weighted by molar-refractivity contribution is 6.35. The molecule has 7 heteroatoms. The van der Waals surface area contributed by atoms with Crippen LogP contribution in [-0.4, -0.2) is 22.4 Å². The average Bonchev–Trinajstić information content (AvgIpc) is 3.03. The minimum Gasteiger partial charge on any atom is -0.337 e. The Morgan fingerprint density at radius 3 is 2.48 bits per heavy atom. The lowest BCUT2D eigenvalue weighted by molar-refractivity contribution is 0.252. The number of nitrogens with zero attached hydrogens (tertiary/aromatic N) is 2. The highest BCUT2D eigenvalue weighted by atomic mass is 35.5. The molecule has 128 valence electrons. The molecule has 1 aromatic heterocycles. The monoisotopic (exact) mass is 374 g/mol. The summed E-state index contributed by atoms with van der Waals surface area (Å²) < 4.78 is 1.81. The van der Waals surface area contributed by atoms with Crippen molar-refractivity contribution in [1.82, 2.24) is 15.1 Å². The third-order valence-corrected chi connectivity index (χ3v) is 3.89. The van der Waals surface area contributed by atoms with Gasteiger partial charge in [0.15, 0.2) is 0 Å². The molecule has 2 aromatic carbocycles. The van der Waals surface area contributed by atoms with Crippen molar-refractivity contribution in [2.75, 3.05) is 11.9 Å². The molecular weight excluding hydrogens is 359 g/mol. The third-order valence-electron chi connectivity index (χ3n) is 3.45. The molecule has 0 radical (unpaired) electrons. The summed E-state index contributed by atoms with van der Waals surface area (Å²) >= 11 is 11.8. The minimum atomic E-state index is -0.319. The Labute approximate surface area is 155 Å².